The number of hydrogen-bond acceptors (Lipinski definition) is 4. The van der Waals surface area contributed by atoms with Gasteiger partial charge in [-0.1, -0.05) is 36.4 Å². The van der Waals surface area contributed by atoms with E-state index in [0.29, 0.717) is 11.4 Å². The fraction of sp³-hybridized carbons (Fsp3) is 0.217. The number of nitrogens with zero attached hydrogens (tertiary/aromatic N) is 2. The van der Waals surface area contributed by atoms with Crippen molar-refractivity contribution in [2.45, 2.75) is 11.3 Å². The van der Waals surface area contributed by atoms with E-state index in [9.17, 15) is 18.0 Å². The van der Waals surface area contributed by atoms with E-state index in [1.807, 2.05) is 42.5 Å². The van der Waals surface area contributed by atoms with Crippen molar-refractivity contribution in [1.82, 2.24) is 4.31 Å². The highest BCUT2D eigenvalue weighted by Crippen LogP contribution is 2.29. The van der Waals surface area contributed by atoms with Crippen LogP contribution in [0.2, 0.25) is 0 Å². The molecule has 1 aliphatic rings. The van der Waals surface area contributed by atoms with Crippen molar-refractivity contribution in [3.05, 3.63) is 66.7 Å². The lowest BCUT2D eigenvalue weighted by Gasteiger charge is -2.18. The molecule has 1 N–H and O–H groups in total. The average molecular weight is 438 g/mol. The maximum Gasteiger partial charge on any atom is 0.242 e. The predicted octanol–water partition coefficient (Wildman–Crippen LogP) is 3.08. The third-order valence-corrected chi connectivity index (χ3v) is 7.30. The molecule has 0 saturated carbocycles. The van der Waals surface area contributed by atoms with E-state index in [4.69, 9.17) is 0 Å². The van der Waals surface area contributed by atoms with Crippen LogP contribution >= 0.6 is 0 Å². The van der Waals surface area contributed by atoms with Crippen molar-refractivity contribution >= 4 is 44.0 Å². The summed E-state index contributed by atoms with van der Waals surface area (Å²) in [5, 5.41) is 4.93. The highest BCUT2D eigenvalue weighted by atomic mass is 32.2. The van der Waals surface area contributed by atoms with Crippen molar-refractivity contribution in [2.75, 3.05) is 30.9 Å². The highest BCUT2D eigenvalue weighted by Gasteiger charge is 2.35. The van der Waals surface area contributed by atoms with Gasteiger partial charge in [0.05, 0.1) is 10.8 Å². The molecule has 31 heavy (non-hydrogen) atoms. The van der Waals surface area contributed by atoms with Gasteiger partial charge in [-0.3, -0.25) is 9.59 Å². The summed E-state index contributed by atoms with van der Waals surface area (Å²) < 4.78 is 25.6. The van der Waals surface area contributed by atoms with Gasteiger partial charge in [0.2, 0.25) is 21.8 Å². The van der Waals surface area contributed by atoms with Crippen LogP contribution in [-0.2, 0) is 19.6 Å². The lowest BCUT2D eigenvalue weighted by Crippen LogP contribution is -2.28. The van der Waals surface area contributed by atoms with Gasteiger partial charge in [-0.15, -0.1) is 0 Å². The van der Waals surface area contributed by atoms with E-state index >= 15 is 0 Å². The van der Waals surface area contributed by atoms with Crippen LogP contribution in [0, 0.1) is 5.92 Å². The molecule has 0 unspecified atom stereocenters. The lowest BCUT2D eigenvalue weighted by atomic mass is 10.1. The molecule has 3 aromatic carbocycles. The summed E-state index contributed by atoms with van der Waals surface area (Å²) in [6.45, 7) is 0.245. The smallest absolute Gasteiger partial charge is 0.242 e. The van der Waals surface area contributed by atoms with Gasteiger partial charge in [-0.05, 0) is 35.7 Å². The summed E-state index contributed by atoms with van der Waals surface area (Å²) in [4.78, 5) is 27.1. The van der Waals surface area contributed by atoms with Crippen molar-refractivity contribution < 1.29 is 18.0 Å². The summed E-state index contributed by atoms with van der Waals surface area (Å²) in [5.41, 5.74) is 1.29. The van der Waals surface area contributed by atoms with E-state index in [-0.39, 0.29) is 29.7 Å². The fourth-order valence-electron chi connectivity index (χ4n) is 3.71. The van der Waals surface area contributed by atoms with E-state index in [0.717, 1.165) is 15.1 Å². The molecule has 1 heterocycles. The van der Waals surface area contributed by atoms with E-state index in [2.05, 4.69) is 5.32 Å². The Morgan fingerprint density at radius 1 is 1.00 bits per heavy atom. The van der Waals surface area contributed by atoms with Crippen LogP contribution in [0.3, 0.4) is 0 Å². The number of hydrogen-bond donors (Lipinski definition) is 1. The SMILES string of the molecule is CN(C)S(=O)(=O)c1ccc(N2C[C@@H](C(=O)Nc3cccc4ccccc34)CC2=O)cc1. The van der Waals surface area contributed by atoms with Crippen molar-refractivity contribution in [3.8, 4) is 0 Å². The zero-order valence-electron chi connectivity index (χ0n) is 17.3. The minimum absolute atomic E-state index is 0.106. The number of fused-ring (bicyclic) bond motifs is 1. The van der Waals surface area contributed by atoms with E-state index < -0.39 is 15.9 Å². The Kier molecular flexibility index (Phi) is 5.51. The van der Waals surface area contributed by atoms with Crippen LogP contribution in [0.15, 0.2) is 71.6 Å². The number of carbonyl (C=O) groups is 2. The van der Waals surface area contributed by atoms with Gasteiger partial charge in [0.15, 0.2) is 0 Å². The van der Waals surface area contributed by atoms with Gasteiger partial charge in [0, 0.05) is 43.8 Å². The van der Waals surface area contributed by atoms with Gasteiger partial charge in [0.25, 0.3) is 0 Å². The minimum Gasteiger partial charge on any atom is -0.325 e. The number of sulfonamides is 1. The number of nitrogens with one attached hydrogen (secondary N) is 1. The second-order valence-electron chi connectivity index (χ2n) is 7.70. The minimum atomic E-state index is -3.54. The zero-order valence-corrected chi connectivity index (χ0v) is 18.1. The molecule has 0 aromatic heterocycles. The maximum absolute atomic E-state index is 12.9. The number of benzene rings is 3. The molecule has 0 spiro atoms. The molecule has 2 amide bonds. The largest absolute Gasteiger partial charge is 0.325 e. The Balaban J connectivity index is 1.50. The first kappa shape index (κ1) is 21.0. The van der Waals surface area contributed by atoms with Gasteiger partial charge in [-0.2, -0.15) is 0 Å². The number of anilines is 2. The van der Waals surface area contributed by atoms with E-state index in [1.165, 1.54) is 31.1 Å². The second-order valence-corrected chi connectivity index (χ2v) is 9.85. The maximum atomic E-state index is 12.9. The summed E-state index contributed by atoms with van der Waals surface area (Å²) in [6, 6.07) is 19.6. The molecule has 160 valence electrons. The summed E-state index contributed by atoms with van der Waals surface area (Å²) in [5.74, 6) is -0.864. The summed E-state index contributed by atoms with van der Waals surface area (Å²) in [7, 11) is -0.612. The Labute approximate surface area is 181 Å². The van der Waals surface area contributed by atoms with Gasteiger partial charge in [0.1, 0.15) is 0 Å². The lowest BCUT2D eigenvalue weighted by molar-refractivity contribution is -0.122. The molecule has 0 radical (unpaired) electrons. The van der Waals surface area contributed by atoms with Gasteiger partial charge >= 0.3 is 0 Å². The van der Waals surface area contributed by atoms with E-state index in [1.54, 1.807) is 12.1 Å². The first-order valence-corrected chi connectivity index (χ1v) is 11.3. The van der Waals surface area contributed by atoms with Gasteiger partial charge < -0.3 is 10.2 Å². The molecule has 3 aromatic rings. The molecule has 7 nitrogen and oxygen atoms in total. The fourth-order valence-corrected chi connectivity index (χ4v) is 4.61. The second kappa shape index (κ2) is 8.13. The molecule has 1 fully saturated rings. The van der Waals surface area contributed by atoms with Gasteiger partial charge in [-0.25, -0.2) is 12.7 Å². The Bertz CT molecular complexity index is 1250. The number of carbonyl (C=O) groups excluding carboxylic acids is 2. The van der Waals surface area contributed by atoms with Crippen LogP contribution in [0.4, 0.5) is 11.4 Å². The monoisotopic (exact) mass is 437 g/mol. The van der Waals surface area contributed by atoms with Crippen LogP contribution < -0.4 is 10.2 Å². The number of rotatable bonds is 5. The predicted molar refractivity (Wildman–Crippen MR) is 120 cm³/mol. The highest BCUT2D eigenvalue weighted by molar-refractivity contribution is 7.89. The Hall–Kier alpha value is -3.23. The summed E-state index contributed by atoms with van der Waals surface area (Å²) in [6.07, 6.45) is 0.106. The first-order chi connectivity index (χ1) is 14.8. The molecular weight excluding hydrogens is 414 g/mol. The van der Waals surface area contributed by atoms with Crippen LogP contribution in [0.25, 0.3) is 10.8 Å². The summed E-state index contributed by atoms with van der Waals surface area (Å²) >= 11 is 0. The average Bonchev–Trinajstić information content (AvgIpc) is 3.16. The van der Waals surface area contributed by atoms with Crippen molar-refractivity contribution in [3.63, 3.8) is 0 Å². The van der Waals surface area contributed by atoms with Crippen molar-refractivity contribution in [1.29, 1.82) is 0 Å². The number of amides is 2. The van der Waals surface area contributed by atoms with Crippen LogP contribution in [0.1, 0.15) is 6.42 Å². The third-order valence-electron chi connectivity index (χ3n) is 5.47. The Morgan fingerprint density at radius 3 is 2.39 bits per heavy atom. The quantitative estimate of drug-likeness (QED) is 0.665. The molecule has 0 aliphatic carbocycles. The molecule has 1 atom stereocenters. The molecular formula is C23H23N3O4S. The van der Waals surface area contributed by atoms with Crippen LogP contribution in [0.5, 0.6) is 0 Å². The topological polar surface area (TPSA) is 86.8 Å². The molecule has 1 saturated heterocycles. The molecule has 8 heteroatoms. The standard InChI is InChI=1S/C23H23N3O4S/c1-25(2)31(29,30)19-12-10-18(11-13-19)26-15-17(14-22(26)27)23(28)24-21-9-5-7-16-6-3-4-8-20(16)21/h3-13,17H,14-15H2,1-2H3,(H,24,28)/t17-/m0/s1. The first-order valence-electron chi connectivity index (χ1n) is 9.89. The normalized spacial score (nSPS) is 16.8. The molecule has 4 rings (SSSR count). The van der Waals surface area contributed by atoms with Crippen molar-refractivity contribution in [2.24, 2.45) is 5.92 Å². The van der Waals surface area contributed by atoms with Crippen LogP contribution in [-0.4, -0.2) is 45.2 Å². The molecule has 0 bridgehead atoms. The Morgan fingerprint density at radius 2 is 1.68 bits per heavy atom. The third kappa shape index (κ3) is 4.04. The zero-order chi connectivity index (χ0) is 22.2. The molecule has 1 aliphatic heterocycles.